The standard InChI is InChI=1S/C17H26O2S/c1-12-5-8-16(11-13(12)2)20-15-9-6-14(7-10-15)17(18-3)19-4/h6-7,9-10,12-13,16-17H,5,8,11H2,1-4H3. The Morgan fingerprint density at radius 1 is 1.00 bits per heavy atom. The first kappa shape index (κ1) is 15.9. The summed E-state index contributed by atoms with van der Waals surface area (Å²) in [6, 6.07) is 8.59. The molecule has 0 heterocycles. The summed E-state index contributed by atoms with van der Waals surface area (Å²) in [5.74, 6) is 1.74. The second-order valence-electron chi connectivity index (χ2n) is 5.88. The second kappa shape index (κ2) is 7.48. The van der Waals surface area contributed by atoms with Gasteiger partial charge in [0.15, 0.2) is 6.29 Å². The number of benzene rings is 1. The van der Waals surface area contributed by atoms with E-state index >= 15 is 0 Å². The lowest BCUT2D eigenvalue weighted by atomic mass is 9.81. The number of thioether (sulfide) groups is 1. The maximum Gasteiger partial charge on any atom is 0.183 e. The first-order chi connectivity index (χ1) is 9.63. The molecule has 2 rings (SSSR count). The Balaban J connectivity index is 1.94. The molecule has 0 saturated heterocycles. The van der Waals surface area contributed by atoms with Crippen molar-refractivity contribution in [1.29, 1.82) is 0 Å². The molecule has 1 fully saturated rings. The highest BCUT2D eigenvalue weighted by Crippen LogP contribution is 2.38. The molecule has 3 heteroatoms. The molecule has 0 amide bonds. The number of rotatable bonds is 5. The summed E-state index contributed by atoms with van der Waals surface area (Å²) in [5, 5.41) is 0.771. The van der Waals surface area contributed by atoms with E-state index in [1.54, 1.807) is 14.2 Å². The van der Waals surface area contributed by atoms with Gasteiger partial charge in [-0.1, -0.05) is 26.0 Å². The summed E-state index contributed by atoms with van der Waals surface area (Å²) in [5.41, 5.74) is 1.07. The number of hydrogen-bond donors (Lipinski definition) is 0. The van der Waals surface area contributed by atoms with Gasteiger partial charge in [-0.05, 0) is 43.2 Å². The van der Waals surface area contributed by atoms with Gasteiger partial charge in [0, 0.05) is 29.9 Å². The summed E-state index contributed by atoms with van der Waals surface area (Å²) >= 11 is 2.02. The van der Waals surface area contributed by atoms with Crippen LogP contribution < -0.4 is 0 Å². The highest BCUT2D eigenvalue weighted by atomic mass is 32.2. The van der Waals surface area contributed by atoms with Gasteiger partial charge in [-0.15, -0.1) is 11.8 Å². The Labute approximate surface area is 127 Å². The topological polar surface area (TPSA) is 18.5 Å². The van der Waals surface area contributed by atoms with E-state index in [9.17, 15) is 0 Å². The fraction of sp³-hybridized carbons (Fsp3) is 0.647. The van der Waals surface area contributed by atoms with E-state index in [1.165, 1.54) is 24.2 Å². The first-order valence-electron chi connectivity index (χ1n) is 7.46. The fourth-order valence-corrected chi connectivity index (χ4v) is 4.20. The maximum absolute atomic E-state index is 5.27. The van der Waals surface area contributed by atoms with Gasteiger partial charge in [-0.25, -0.2) is 0 Å². The van der Waals surface area contributed by atoms with Crippen LogP contribution in [0, 0.1) is 11.8 Å². The fourth-order valence-electron chi connectivity index (χ4n) is 2.87. The quantitative estimate of drug-likeness (QED) is 0.720. The van der Waals surface area contributed by atoms with Gasteiger partial charge in [-0.3, -0.25) is 0 Å². The number of methoxy groups -OCH3 is 2. The van der Waals surface area contributed by atoms with E-state index < -0.39 is 0 Å². The molecule has 0 N–H and O–H groups in total. The highest BCUT2D eigenvalue weighted by Gasteiger charge is 2.25. The molecule has 1 aliphatic rings. The molecule has 20 heavy (non-hydrogen) atoms. The van der Waals surface area contributed by atoms with Crippen LogP contribution in [-0.2, 0) is 9.47 Å². The van der Waals surface area contributed by atoms with E-state index in [2.05, 4.69) is 38.1 Å². The lowest BCUT2D eigenvalue weighted by Gasteiger charge is -2.31. The zero-order valence-electron chi connectivity index (χ0n) is 13.0. The average molecular weight is 294 g/mol. The predicted molar refractivity (Wildman–Crippen MR) is 85.0 cm³/mol. The first-order valence-corrected chi connectivity index (χ1v) is 8.34. The van der Waals surface area contributed by atoms with Crippen molar-refractivity contribution in [3.63, 3.8) is 0 Å². The van der Waals surface area contributed by atoms with Gasteiger partial charge in [0.1, 0.15) is 0 Å². The van der Waals surface area contributed by atoms with Crippen LogP contribution in [0.5, 0.6) is 0 Å². The Hall–Kier alpha value is -0.510. The molecule has 0 radical (unpaired) electrons. The monoisotopic (exact) mass is 294 g/mol. The van der Waals surface area contributed by atoms with Gasteiger partial charge >= 0.3 is 0 Å². The van der Waals surface area contributed by atoms with Crippen molar-refractivity contribution in [1.82, 2.24) is 0 Å². The van der Waals surface area contributed by atoms with Crippen LogP contribution >= 0.6 is 11.8 Å². The summed E-state index contributed by atoms with van der Waals surface area (Å²) in [6.45, 7) is 4.78. The molecule has 1 saturated carbocycles. The molecule has 3 atom stereocenters. The van der Waals surface area contributed by atoms with Crippen LogP contribution in [0.2, 0.25) is 0 Å². The number of ether oxygens (including phenoxy) is 2. The molecule has 0 bridgehead atoms. The van der Waals surface area contributed by atoms with Crippen LogP contribution in [0.4, 0.5) is 0 Å². The van der Waals surface area contributed by atoms with Crippen LogP contribution in [0.25, 0.3) is 0 Å². The van der Waals surface area contributed by atoms with Gasteiger partial charge in [-0.2, -0.15) is 0 Å². The molecule has 2 nitrogen and oxygen atoms in total. The summed E-state index contributed by atoms with van der Waals surface area (Å²) in [7, 11) is 3.34. The lowest BCUT2D eigenvalue weighted by molar-refractivity contribution is -0.106. The average Bonchev–Trinajstić information content (AvgIpc) is 2.46. The molecule has 0 spiro atoms. The van der Waals surface area contributed by atoms with E-state index in [1.807, 2.05) is 11.8 Å². The van der Waals surface area contributed by atoms with Crippen molar-refractivity contribution >= 4 is 11.8 Å². The Kier molecular flexibility index (Phi) is 5.94. The van der Waals surface area contributed by atoms with Crippen molar-refractivity contribution < 1.29 is 9.47 Å². The zero-order chi connectivity index (χ0) is 14.5. The van der Waals surface area contributed by atoms with Crippen LogP contribution in [-0.4, -0.2) is 19.5 Å². The molecular weight excluding hydrogens is 268 g/mol. The number of hydrogen-bond acceptors (Lipinski definition) is 3. The summed E-state index contributed by atoms with van der Waals surface area (Å²) < 4.78 is 10.5. The minimum absolute atomic E-state index is 0.260. The van der Waals surface area contributed by atoms with Crippen LogP contribution in [0.1, 0.15) is 45.0 Å². The van der Waals surface area contributed by atoms with E-state index in [4.69, 9.17) is 9.47 Å². The van der Waals surface area contributed by atoms with Gasteiger partial charge in [0.05, 0.1) is 0 Å². The van der Waals surface area contributed by atoms with Crippen LogP contribution in [0.3, 0.4) is 0 Å². The normalized spacial score (nSPS) is 26.9. The van der Waals surface area contributed by atoms with E-state index in [0.29, 0.717) is 0 Å². The molecular formula is C17H26O2S. The van der Waals surface area contributed by atoms with Gasteiger partial charge < -0.3 is 9.47 Å². The van der Waals surface area contributed by atoms with Crippen molar-refractivity contribution in [2.45, 2.75) is 49.5 Å². The lowest BCUT2D eigenvalue weighted by Crippen LogP contribution is -2.22. The third-order valence-corrected chi connectivity index (χ3v) is 5.74. The largest absolute Gasteiger partial charge is 0.352 e. The molecule has 0 aromatic heterocycles. The third kappa shape index (κ3) is 4.00. The minimum Gasteiger partial charge on any atom is -0.352 e. The maximum atomic E-state index is 5.27. The molecule has 112 valence electrons. The molecule has 1 aromatic carbocycles. The van der Waals surface area contributed by atoms with Gasteiger partial charge in [0.2, 0.25) is 0 Å². The molecule has 1 aliphatic carbocycles. The highest BCUT2D eigenvalue weighted by molar-refractivity contribution is 8.00. The van der Waals surface area contributed by atoms with Gasteiger partial charge in [0.25, 0.3) is 0 Å². The zero-order valence-corrected chi connectivity index (χ0v) is 13.8. The Bertz CT molecular complexity index is 400. The van der Waals surface area contributed by atoms with Crippen LogP contribution in [0.15, 0.2) is 29.2 Å². The smallest absolute Gasteiger partial charge is 0.183 e. The summed E-state index contributed by atoms with van der Waals surface area (Å²) in [6.07, 6.45) is 3.79. The Morgan fingerprint density at radius 3 is 2.20 bits per heavy atom. The molecule has 3 unspecified atom stereocenters. The van der Waals surface area contributed by atoms with E-state index in [-0.39, 0.29) is 6.29 Å². The van der Waals surface area contributed by atoms with Crippen molar-refractivity contribution in [2.24, 2.45) is 11.8 Å². The minimum atomic E-state index is -0.260. The third-order valence-electron chi connectivity index (χ3n) is 4.43. The Morgan fingerprint density at radius 2 is 1.65 bits per heavy atom. The molecule has 0 aliphatic heterocycles. The SMILES string of the molecule is COC(OC)c1ccc(SC2CCC(C)C(C)C2)cc1. The predicted octanol–water partition coefficient (Wildman–Crippen LogP) is 4.89. The van der Waals surface area contributed by atoms with Crippen molar-refractivity contribution in [3.05, 3.63) is 29.8 Å². The van der Waals surface area contributed by atoms with Crippen molar-refractivity contribution in [2.75, 3.05) is 14.2 Å². The van der Waals surface area contributed by atoms with Crippen molar-refractivity contribution in [3.8, 4) is 0 Å². The summed E-state index contributed by atoms with van der Waals surface area (Å²) in [4.78, 5) is 1.35. The second-order valence-corrected chi connectivity index (χ2v) is 7.25. The molecule has 1 aromatic rings. The van der Waals surface area contributed by atoms with E-state index in [0.717, 1.165) is 22.6 Å².